The molecule has 0 spiro atoms. The van der Waals surface area contributed by atoms with Crippen LogP contribution in [0.5, 0.6) is 0 Å². The monoisotopic (exact) mass is 253 g/mol. The lowest BCUT2D eigenvalue weighted by Crippen LogP contribution is -2.15. The molecule has 0 atom stereocenters. The molecule has 0 aromatic heterocycles. The Labute approximate surface area is 107 Å². The Kier molecular flexibility index (Phi) is 7.79. The van der Waals surface area contributed by atoms with E-state index in [4.69, 9.17) is 19.9 Å². The Bertz CT molecular complexity index is 329. The van der Waals surface area contributed by atoms with Gasteiger partial charge in [-0.05, 0) is 12.1 Å². The van der Waals surface area contributed by atoms with E-state index in [1.807, 2.05) is 6.07 Å². The zero-order valence-electron chi connectivity index (χ0n) is 10.3. The number of carbonyl (C=O) groups excluding carboxylic acids is 1. The Balaban J connectivity index is 2.00. The van der Waals surface area contributed by atoms with Crippen LogP contribution >= 0.6 is 0 Å². The van der Waals surface area contributed by atoms with Crippen LogP contribution in [0.4, 0.5) is 0 Å². The Hall–Kier alpha value is -1.43. The predicted molar refractivity (Wildman–Crippen MR) is 67.4 cm³/mol. The number of rotatable bonds is 9. The van der Waals surface area contributed by atoms with E-state index in [1.165, 1.54) is 0 Å². The summed E-state index contributed by atoms with van der Waals surface area (Å²) in [5.74, 6) is -0.335. The first-order valence-electron chi connectivity index (χ1n) is 5.92. The predicted octanol–water partition coefficient (Wildman–Crippen LogP) is 0.835. The van der Waals surface area contributed by atoms with E-state index in [2.05, 4.69) is 0 Å². The quantitative estimate of drug-likeness (QED) is 0.521. The Morgan fingerprint density at radius 3 is 2.22 bits per heavy atom. The van der Waals surface area contributed by atoms with E-state index in [-0.39, 0.29) is 12.6 Å². The Morgan fingerprint density at radius 2 is 1.56 bits per heavy atom. The summed E-state index contributed by atoms with van der Waals surface area (Å²) in [6, 6.07) is 8.86. The van der Waals surface area contributed by atoms with Gasteiger partial charge in [-0.2, -0.15) is 0 Å². The van der Waals surface area contributed by atoms with Crippen LogP contribution in [0.3, 0.4) is 0 Å². The number of benzene rings is 1. The minimum atomic E-state index is -0.335. The van der Waals surface area contributed by atoms with E-state index in [9.17, 15) is 4.79 Å². The molecule has 5 nitrogen and oxygen atoms in total. The number of esters is 1. The van der Waals surface area contributed by atoms with Gasteiger partial charge in [0, 0.05) is 6.54 Å². The van der Waals surface area contributed by atoms with Crippen LogP contribution in [0.2, 0.25) is 0 Å². The first-order valence-corrected chi connectivity index (χ1v) is 5.92. The van der Waals surface area contributed by atoms with Crippen molar-refractivity contribution in [3.05, 3.63) is 35.9 Å². The highest BCUT2D eigenvalue weighted by molar-refractivity contribution is 5.89. The lowest BCUT2D eigenvalue weighted by atomic mass is 10.2. The van der Waals surface area contributed by atoms with Crippen molar-refractivity contribution in [1.82, 2.24) is 0 Å². The van der Waals surface area contributed by atoms with Crippen molar-refractivity contribution in [2.45, 2.75) is 0 Å². The maximum Gasteiger partial charge on any atom is 0.338 e. The number of hydrogen-bond donors (Lipinski definition) is 1. The molecule has 0 aliphatic heterocycles. The third-order valence-corrected chi connectivity index (χ3v) is 2.10. The molecule has 0 bridgehead atoms. The van der Waals surface area contributed by atoms with E-state index in [0.717, 1.165) is 0 Å². The molecule has 0 heterocycles. The van der Waals surface area contributed by atoms with Crippen molar-refractivity contribution in [3.63, 3.8) is 0 Å². The average Bonchev–Trinajstić information content (AvgIpc) is 2.42. The van der Waals surface area contributed by atoms with Gasteiger partial charge in [-0.25, -0.2) is 4.79 Å². The van der Waals surface area contributed by atoms with Crippen LogP contribution < -0.4 is 5.73 Å². The number of nitrogens with two attached hydrogens (primary N) is 1. The fourth-order valence-corrected chi connectivity index (χ4v) is 1.26. The molecule has 1 aromatic rings. The Morgan fingerprint density at radius 1 is 0.944 bits per heavy atom. The maximum atomic E-state index is 11.5. The van der Waals surface area contributed by atoms with Gasteiger partial charge in [0.05, 0.1) is 32.0 Å². The molecular formula is C13H19NO4. The second-order valence-electron chi connectivity index (χ2n) is 3.52. The molecule has 1 aromatic carbocycles. The topological polar surface area (TPSA) is 70.8 Å². The first kappa shape index (κ1) is 14.6. The van der Waals surface area contributed by atoms with Crippen LogP contribution in [-0.2, 0) is 14.2 Å². The van der Waals surface area contributed by atoms with Gasteiger partial charge >= 0.3 is 5.97 Å². The second-order valence-corrected chi connectivity index (χ2v) is 3.52. The van der Waals surface area contributed by atoms with Crippen molar-refractivity contribution in [2.24, 2.45) is 5.73 Å². The smallest absolute Gasteiger partial charge is 0.338 e. The molecule has 0 radical (unpaired) electrons. The summed E-state index contributed by atoms with van der Waals surface area (Å²) >= 11 is 0. The van der Waals surface area contributed by atoms with Gasteiger partial charge < -0.3 is 19.9 Å². The second kappa shape index (κ2) is 9.58. The molecule has 5 heteroatoms. The van der Waals surface area contributed by atoms with Gasteiger partial charge in [-0.15, -0.1) is 0 Å². The summed E-state index contributed by atoms with van der Waals surface area (Å²) in [6.07, 6.45) is 0. The minimum Gasteiger partial charge on any atom is -0.460 e. The number of carbonyl (C=O) groups is 1. The van der Waals surface area contributed by atoms with Crippen LogP contribution in [0, 0.1) is 0 Å². The van der Waals surface area contributed by atoms with Crippen LogP contribution in [0.1, 0.15) is 10.4 Å². The largest absolute Gasteiger partial charge is 0.460 e. The number of hydrogen-bond acceptors (Lipinski definition) is 5. The maximum absolute atomic E-state index is 11.5. The van der Waals surface area contributed by atoms with Gasteiger partial charge in [0.1, 0.15) is 6.61 Å². The molecule has 100 valence electrons. The number of ether oxygens (including phenoxy) is 3. The summed E-state index contributed by atoms with van der Waals surface area (Å²) in [4.78, 5) is 11.5. The van der Waals surface area contributed by atoms with Gasteiger partial charge in [-0.3, -0.25) is 0 Å². The molecule has 0 saturated carbocycles. The van der Waals surface area contributed by atoms with Crippen LogP contribution in [0.15, 0.2) is 30.3 Å². The summed E-state index contributed by atoms with van der Waals surface area (Å²) in [5.41, 5.74) is 5.80. The average molecular weight is 253 g/mol. The molecule has 0 unspecified atom stereocenters. The molecule has 1 rings (SSSR count). The van der Waals surface area contributed by atoms with Crippen molar-refractivity contribution in [2.75, 3.05) is 39.6 Å². The summed E-state index contributed by atoms with van der Waals surface area (Å²) in [5, 5.41) is 0. The standard InChI is InChI=1S/C13H19NO4/c14-6-7-16-8-9-17-10-11-18-13(15)12-4-2-1-3-5-12/h1-5H,6-11,14H2. The van der Waals surface area contributed by atoms with Gasteiger partial charge in [0.25, 0.3) is 0 Å². The fraction of sp³-hybridized carbons (Fsp3) is 0.462. The normalized spacial score (nSPS) is 10.3. The SMILES string of the molecule is NCCOCCOCCOC(=O)c1ccccc1. The van der Waals surface area contributed by atoms with E-state index < -0.39 is 0 Å². The molecule has 18 heavy (non-hydrogen) atoms. The summed E-state index contributed by atoms with van der Waals surface area (Å²) in [6.45, 7) is 2.63. The van der Waals surface area contributed by atoms with Gasteiger partial charge in [0.2, 0.25) is 0 Å². The lowest BCUT2D eigenvalue weighted by molar-refractivity contribution is 0.0157. The third kappa shape index (κ3) is 6.34. The van der Waals surface area contributed by atoms with Crippen molar-refractivity contribution >= 4 is 5.97 Å². The highest BCUT2D eigenvalue weighted by Crippen LogP contribution is 2.00. The highest BCUT2D eigenvalue weighted by atomic mass is 16.6. The fourth-order valence-electron chi connectivity index (χ4n) is 1.26. The van der Waals surface area contributed by atoms with Gasteiger partial charge in [-0.1, -0.05) is 18.2 Å². The summed E-state index contributed by atoms with van der Waals surface area (Å²) < 4.78 is 15.4. The van der Waals surface area contributed by atoms with Crippen molar-refractivity contribution in [3.8, 4) is 0 Å². The van der Waals surface area contributed by atoms with E-state index >= 15 is 0 Å². The molecule has 0 saturated heterocycles. The lowest BCUT2D eigenvalue weighted by Gasteiger charge is -2.06. The molecular weight excluding hydrogens is 234 g/mol. The zero-order valence-corrected chi connectivity index (χ0v) is 10.3. The molecule has 2 N–H and O–H groups in total. The molecule has 0 aliphatic rings. The molecule has 0 amide bonds. The van der Waals surface area contributed by atoms with Crippen molar-refractivity contribution in [1.29, 1.82) is 0 Å². The van der Waals surface area contributed by atoms with E-state index in [1.54, 1.807) is 24.3 Å². The minimum absolute atomic E-state index is 0.241. The third-order valence-electron chi connectivity index (χ3n) is 2.10. The first-order chi connectivity index (χ1) is 8.84. The zero-order chi connectivity index (χ0) is 13.1. The van der Waals surface area contributed by atoms with Gasteiger partial charge in [0.15, 0.2) is 0 Å². The molecule has 0 fully saturated rings. The van der Waals surface area contributed by atoms with E-state index in [0.29, 0.717) is 38.5 Å². The van der Waals surface area contributed by atoms with Crippen LogP contribution in [0.25, 0.3) is 0 Å². The summed E-state index contributed by atoms with van der Waals surface area (Å²) in [7, 11) is 0. The highest BCUT2D eigenvalue weighted by Gasteiger charge is 2.04. The molecule has 0 aliphatic carbocycles. The van der Waals surface area contributed by atoms with Crippen LogP contribution in [-0.4, -0.2) is 45.5 Å². The van der Waals surface area contributed by atoms with Crippen molar-refractivity contribution < 1.29 is 19.0 Å².